The van der Waals surface area contributed by atoms with E-state index in [1.165, 1.54) is 29.3 Å². The molecular formula is C21H22N4O5S. The van der Waals surface area contributed by atoms with Crippen LogP contribution in [-0.4, -0.2) is 32.6 Å². The van der Waals surface area contributed by atoms with Crippen molar-refractivity contribution >= 4 is 38.9 Å². The summed E-state index contributed by atoms with van der Waals surface area (Å²) in [5.74, 6) is -0.390. The van der Waals surface area contributed by atoms with Gasteiger partial charge in [-0.25, -0.2) is 13.1 Å². The predicted molar refractivity (Wildman–Crippen MR) is 117 cm³/mol. The maximum Gasteiger partial charge on any atom is 0.282 e. The van der Waals surface area contributed by atoms with E-state index in [-0.39, 0.29) is 10.8 Å². The summed E-state index contributed by atoms with van der Waals surface area (Å²) >= 11 is 0. The Hall–Kier alpha value is -3.66. The predicted octanol–water partition coefficient (Wildman–Crippen LogP) is 2.63. The first-order chi connectivity index (χ1) is 14.7. The third-order valence-corrected chi connectivity index (χ3v) is 5.74. The number of para-hydroxylation sites is 2. The number of carbonyl (C=O) groups is 2. The van der Waals surface area contributed by atoms with Crippen molar-refractivity contribution in [1.29, 1.82) is 0 Å². The fourth-order valence-electron chi connectivity index (χ4n) is 2.89. The van der Waals surface area contributed by atoms with Gasteiger partial charge in [0.1, 0.15) is 5.75 Å². The summed E-state index contributed by atoms with van der Waals surface area (Å²) in [6, 6.07) is 12.9. The molecule has 10 heteroatoms. The molecule has 2 N–H and O–H groups in total. The van der Waals surface area contributed by atoms with Gasteiger partial charge in [0.05, 0.1) is 34.2 Å². The van der Waals surface area contributed by atoms with E-state index in [2.05, 4.69) is 10.4 Å². The van der Waals surface area contributed by atoms with Crippen molar-refractivity contribution in [2.75, 3.05) is 16.9 Å². The zero-order valence-corrected chi connectivity index (χ0v) is 18.1. The van der Waals surface area contributed by atoms with E-state index in [1.54, 1.807) is 13.1 Å². The van der Waals surface area contributed by atoms with Gasteiger partial charge in [-0.2, -0.15) is 10.1 Å². The van der Waals surface area contributed by atoms with Crippen molar-refractivity contribution in [3.8, 4) is 5.75 Å². The first-order valence-electron chi connectivity index (χ1n) is 9.45. The lowest BCUT2D eigenvalue weighted by Gasteiger charge is -2.13. The molecule has 162 valence electrons. The molecule has 0 fully saturated rings. The van der Waals surface area contributed by atoms with Crippen LogP contribution in [0, 0.1) is 0 Å². The summed E-state index contributed by atoms with van der Waals surface area (Å²) in [6.45, 7) is 5.21. The van der Waals surface area contributed by atoms with Gasteiger partial charge in [0.15, 0.2) is 0 Å². The molecule has 2 amide bonds. The Morgan fingerprint density at radius 2 is 1.84 bits per heavy atom. The summed E-state index contributed by atoms with van der Waals surface area (Å²) in [7, 11) is -3.96. The van der Waals surface area contributed by atoms with Crippen LogP contribution in [0.15, 0.2) is 70.3 Å². The van der Waals surface area contributed by atoms with Crippen molar-refractivity contribution in [3.63, 3.8) is 0 Å². The maximum atomic E-state index is 12.9. The number of nitrogens with zero attached hydrogens (tertiary/aromatic N) is 2. The second-order valence-corrected chi connectivity index (χ2v) is 8.27. The molecule has 0 bridgehead atoms. The highest BCUT2D eigenvalue weighted by Crippen LogP contribution is 2.27. The SMILES string of the molecule is CCOc1ccccc1N/C=C1\C(=O)N(c2ccc(S(=O)(=O)NC(C)=O)cc2)N=C1C. The lowest BCUT2D eigenvalue weighted by atomic mass is 10.2. The van der Waals surface area contributed by atoms with E-state index in [9.17, 15) is 18.0 Å². The van der Waals surface area contributed by atoms with Gasteiger partial charge in [0, 0.05) is 13.1 Å². The van der Waals surface area contributed by atoms with E-state index in [4.69, 9.17) is 4.74 Å². The fourth-order valence-corrected chi connectivity index (χ4v) is 3.88. The molecule has 3 rings (SSSR count). The number of carbonyl (C=O) groups excluding carboxylic acids is 2. The van der Waals surface area contributed by atoms with Gasteiger partial charge in [-0.3, -0.25) is 9.59 Å². The normalized spacial score (nSPS) is 15.1. The molecule has 31 heavy (non-hydrogen) atoms. The minimum Gasteiger partial charge on any atom is -0.492 e. The topological polar surface area (TPSA) is 117 Å². The lowest BCUT2D eigenvalue weighted by molar-refractivity contribution is -0.117. The summed E-state index contributed by atoms with van der Waals surface area (Å²) in [4.78, 5) is 23.8. The van der Waals surface area contributed by atoms with Crippen molar-refractivity contribution in [3.05, 3.63) is 60.3 Å². The number of nitrogens with one attached hydrogen (secondary N) is 2. The first kappa shape index (κ1) is 22.0. The molecule has 1 heterocycles. The van der Waals surface area contributed by atoms with Crippen LogP contribution in [0.25, 0.3) is 0 Å². The Morgan fingerprint density at radius 1 is 1.16 bits per heavy atom. The number of hydrogen-bond acceptors (Lipinski definition) is 7. The maximum absolute atomic E-state index is 12.9. The summed E-state index contributed by atoms with van der Waals surface area (Å²) in [5, 5.41) is 8.55. The number of ether oxygens (including phenoxy) is 1. The third kappa shape index (κ3) is 4.92. The molecule has 0 saturated heterocycles. The molecule has 1 aliphatic rings. The molecule has 0 spiro atoms. The minimum absolute atomic E-state index is 0.0937. The van der Waals surface area contributed by atoms with Crippen LogP contribution >= 0.6 is 0 Å². The van der Waals surface area contributed by atoms with Gasteiger partial charge in [0.25, 0.3) is 15.9 Å². The van der Waals surface area contributed by atoms with Crippen LogP contribution in [0.5, 0.6) is 5.75 Å². The van der Waals surface area contributed by atoms with E-state index >= 15 is 0 Å². The Kier molecular flexibility index (Phi) is 6.40. The van der Waals surface area contributed by atoms with E-state index in [1.807, 2.05) is 35.9 Å². The van der Waals surface area contributed by atoms with Crippen LogP contribution in [-0.2, 0) is 19.6 Å². The van der Waals surface area contributed by atoms with Crippen molar-refractivity contribution in [1.82, 2.24) is 4.72 Å². The summed E-state index contributed by atoms with van der Waals surface area (Å²) in [6.07, 6.45) is 1.56. The van der Waals surface area contributed by atoms with Gasteiger partial charge in [-0.1, -0.05) is 12.1 Å². The highest BCUT2D eigenvalue weighted by Gasteiger charge is 2.29. The smallest absolute Gasteiger partial charge is 0.282 e. The number of hydrazone groups is 1. The Morgan fingerprint density at radius 3 is 2.48 bits per heavy atom. The van der Waals surface area contributed by atoms with E-state index < -0.39 is 15.9 Å². The Labute approximate surface area is 180 Å². The second kappa shape index (κ2) is 9.00. The third-order valence-electron chi connectivity index (χ3n) is 4.29. The van der Waals surface area contributed by atoms with Crippen molar-refractivity contribution < 1.29 is 22.7 Å². The number of amides is 2. The largest absolute Gasteiger partial charge is 0.492 e. The van der Waals surface area contributed by atoms with Crippen molar-refractivity contribution in [2.24, 2.45) is 5.10 Å². The number of hydrogen-bond donors (Lipinski definition) is 2. The molecule has 2 aromatic rings. The zero-order valence-electron chi connectivity index (χ0n) is 17.2. The molecule has 0 aliphatic carbocycles. The van der Waals surface area contributed by atoms with E-state index in [0.29, 0.717) is 35.0 Å². The van der Waals surface area contributed by atoms with Crippen LogP contribution in [0.2, 0.25) is 0 Å². The average molecular weight is 442 g/mol. The van der Waals surface area contributed by atoms with Crippen LogP contribution in [0.4, 0.5) is 11.4 Å². The molecule has 2 aromatic carbocycles. The van der Waals surface area contributed by atoms with Gasteiger partial charge in [0.2, 0.25) is 5.91 Å². The fraction of sp³-hybridized carbons (Fsp3) is 0.190. The highest BCUT2D eigenvalue weighted by atomic mass is 32.2. The second-order valence-electron chi connectivity index (χ2n) is 6.59. The number of rotatable bonds is 7. The monoisotopic (exact) mass is 442 g/mol. The van der Waals surface area contributed by atoms with Gasteiger partial charge >= 0.3 is 0 Å². The van der Waals surface area contributed by atoms with Crippen LogP contribution in [0.3, 0.4) is 0 Å². The molecule has 0 unspecified atom stereocenters. The molecule has 0 aromatic heterocycles. The number of sulfonamides is 1. The van der Waals surface area contributed by atoms with Crippen molar-refractivity contribution in [2.45, 2.75) is 25.7 Å². The van der Waals surface area contributed by atoms with Gasteiger partial charge in [-0.05, 0) is 50.2 Å². The molecule has 9 nitrogen and oxygen atoms in total. The molecule has 1 aliphatic heterocycles. The van der Waals surface area contributed by atoms with Gasteiger partial charge < -0.3 is 10.1 Å². The lowest BCUT2D eigenvalue weighted by Crippen LogP contribution is -2.28. The summed E-state index contributed by atoms with van der Waals surface area (Å²) < 4.78 is 31.6. The number of anilines is 2. The Balaban J connectivity index is 1.80. The highest BCUT2D eigenvalue weighted by molar-refractivity contribution is 7.90. The molecule has 0 saturated carbocycles. The quantitative estimate of drug-likeness (QED) is 0.637. The standard InChI is InChI=1S/C21H22N4O5S/c1-4-30-20-8-6-5-7-19(20)22-13-18-14(2)23-25(21(18)27)16-9-11-17(12-10-16)31(28,29)24-15(3)26/h5-13,22H,4H2,1-3H3,(H,24,26)/b18-13-. The summed E-state index contributed by atoms with van der Waals surface area (Å²) in [5.41, 5.74) is 1.97. The minimum atomic E-state index is -3.96. The van der Waals surface area contributed by atoms with Gasteiger partial charge in [-0.15, -0.1) is 0 Å². The Bertz CT molecular complexity index is 1170. The molecule has 0 atom stereocenters. The molecule has 0 radical (unpaired) electrons. The number of benzene rings is 2. The van der Waals surface area contributed by atoms with E-state index in [0.717, 1.165) is 6.92 Å². The zero-order chi connectivity index (χ0) is 22.6. The average Bonchev–Trinajstić information content (AvgIpc) is 3.00. The first-order valence-corrected chi connectivity index (χ1v) is 10.9. The van der Waals surface area contributed by atoms with Crippen LogP contribution in [0.1, 0.15) is 20.8 Å². The van der Waals surface area contributed by atoms with Crippen LogP contribution < -0.4 is 19.8 Å². The molecular weight excluding hydrogens is 420 g/mol.